The quantitative estimate of drug-likeness (QED) is 0.305. The number of nitro benzene ring substituents is 1. The van der Waals surface area contributed by atoms with Crippen molar-refractivity contribution >= 4 is 40.6 Å². The van der Waals surface area contributed by atoms with Crippen LogP contribution >= 0.6 is 12.2 Å². The van der Waals surface area contributed by atoms with E-state index in [4.69, 9.17) is 12.2 Å². The second-order valence-electron chi connectivity index (χ2n) is 6.86. The van der Waals surface area contributed by atoms with E-state index in [2.05, 4.69) is 16.1 Å². The number of benzene rings is 2. The zero-order valence-electron chi connectivity index (χ0n) is 16.0. The number of urea groups is 1. The molecule has 0 aromatic heterocycles. The van der Waals surface area contributed by atoms with Gasteiger partial charge in [-0.15, -0.1) is 0 Å². The van der Waals surface area contributed by atoms with E-state index < -0.39 is 22.4 Å². The summed E-state index contributed by atoms with van der Waals surface area (Å²) in [6.07, 6.45) is 0. The molecule has 0 saturated carbocycles. The Morgan fingerprint density at radius 1 is 1.14 bits per heavy atom. The Morgan fingerprint density at radius 2 is 1.79 bits per heavy atom. The van der Waals surface area contributed by atoms with Gasteiger partial charge in [0, 0.05) is 17.8 Å². The number of nitrogens with zero attached hydrogens (tertiary/aromatic N) is 2. The van der Waals surface area contributed by atoms with Gasteiger partial charge >= 0.3 is 6.03 Å². The first-order chi connectivity index (χ1) is 13.6. The first-order valence-corrected chi connectivity index (χ1v) is 9.09. The van der Waals surface area contributed by atoms with Gasteiger partial charge < -0.3 is 10.6 Å². The number of hydrogen-bond donors (Lipinski definition) is 3. The molecule has 1 aliphatic rings. The van der Waals surface area contributed by atoms with Crippen molar-refractivity contribution in [1.82, 2.24) is 15.8 Å². The second-order valence-corrected chi connectivity index (χ2v) is 7.27. The molecule has 150 valence electrons. The van der Waals surface area contributed by atoms with Gasteiger partial charge in [-0.05, 0) is 73.9 Å². The highest BCUT2D eigenvalue weighted by Crippen LogP contribution is 2.29. The van der Waals surface area contributed by atoms with Crippen molar-refractivity contribution in [2.45, 2.75) is 26.3 Å². The number of nitro groups is 1. The van der Waals surface area contributed by atoms with Crippen LogP contribution in [0.2, 0.25) is 0 Å². The van der Waals surface area contributed by atoms with Gasteiger partial charge in [0.15, 0.2) is 5.11 Å². The molecule has 2 aromatic carbocycles. The highest BCUT2D eigenvalue weighted by Gasteiger charge is 2.49. The summed E-state index contributed by atoms with van der Waals surface area (Å²) in [4.78, 5) is 35.6. The van der Waals surface area contributed by atoms with Crippen LogP contribution in [0.15, 0.2) is 42.5 Å². The smallest absolute Gasteiger partial charge is 0.331 e. The molecule has 29 heavy (non-hydrogen) atoms. The van der Waals surface area contributed by atoms with Crippen LogP contribution in [0.25, 0.3) is 0 Å². The minimum atomic E-state index is -1.38. The van der Waals surface area contributed by atoms with Crippen LogP contribution in [0.3, 0.4) is 0 Å². The van der Waals surface area contributed by atoms with Gasteiger partial charge in [0.25, 0.3) is 11.6 Å². The zero-order chi connectivity index (χ0) is 21.3. The first-order valence-electron chi connectivity index (χ1n) is 8.68. The number of imide groups is 1. The number of carbonyl (C=O) groups is 2. The minimum Gasteiger partial charge on any atom is -0.331 e. The van der Waals surface area contributed by atoms with Crippen molar-refractivity contribution in [3.05, 3.63) is 69.3 Å². The zero-order valence-corrected chi connectivity index (χ0v) is 16.8. The number of amides is 3. The van der Waals surface area contributed by atoms with E-state index in [1.54, 1.807) is 0 Å². The molecule has 1 fully saturated rings. The largest absolute Gasteiger partial charge is 0.344 e. The van der Waals surface area contributed by atoms with Crippen molar-refractivity contribution < 1.29 is 14.5 Å². The van der Waals surface area contributed by atoms with Gasteiger partial charge in [0.05, 0.1) is 4.92 Å². The van der Waals surface area contributed by atoms with Gasteiger partial charge in [-0.25, -0.2) is 4.79 Å². The van der Waals surface area contributed by atoms with Gasteiger partial charge in [0.2, 0.25) is 0 Å². The third-order valence-corrected chi connectivity index (χ3v) is 5.02. The SMILES string of the molecule is Cc1ccc(NC(=S)NN2C(=O)N[C@@](C)(c3ccc([N+](=O)[O-])cc3)C2=O)cc1C. The topological polar surface area (TPSA) is 117 Å². The minimum absolute atomic E-state index is 0.0738. The molecule has 3 N–H and O–H groups in total. The summed E-state index contributed by atoms with van der Waals surface area (Å²) in [6.45, 7) is 5.47. The Labute approximate surface area is 172 Å². The van der Waals surface area contributed by atoms with Crippen molar-refractivity contribution in [2.75, 3.05) is 5.32 Å². The molecule has 3 amide bonds. The number of hydrazine groups is 1. The fraction of sp³-hybridized carbons (Fsp3) is 0.211. The van der Waals surface area contributed by atoms with E-state index in [9.17, 15) is 19.7 Å². The van der Waals surface area contributed by atoms with Crippen LogP contribution in [0.5, 0.6) is 0 Å². The van der Waals surface area contributed by atoms with Crippen LogP contribution in [-0.2, 0) is 10.3 Å². The normalized spacial score (nSPS) is 18.4. The van der Waals surface area contributed by atoms with Gasteiger partial charge in [0.1, 0.15) is 5.54 Å². The van der Waals surface area contributed by atoms with E-state index in [-0.39, 0.29) is 10.8 Å². The summed E-state index contributed by atoms with van der Waals surface area (Å²) >= 11 is 5.22. The predicted octanol–water partition coefficient (Wildman–Crippen LogP) is 2.88. The van der Waals surface area contributed by atoms with E-state index in [1.807, 2.05) is 32.0 Å². The van der Waals surface area contributed by atoms with Crippen LogP contribution in [0.4, 0.5) is 16.2 Å². The molecule has 1 heterocycles. The van der Waals surface area contributed by atoms with Gasteiger partial charge in [-0.2, -0.15) is 5.01 Å². The third-order valence-electron chi connectivity index (χ3n) is 4.82. The number of thiocarbonyl (C=S) groups is 1. The maximum Gasteiger partial charge on any atom is 0.344 e. The molecule has 1 atom stereocenters. The predicted molar refractivity (Wildman–Crippen MR) is 111 cm³/mol. The molecule has 2 aromatic rings. The van der Waals surface area contributed by atoms with Crippen molar-refractivity contribution in [3.63, 3.8) is 0 Å². The summed E-state index contributed by atoms with van der Waals surface area (Å²) in [5.41, 5.74) is 4.44. The van der Waals surface area contributed by atoms with Crippen molar-refractivity contribution in [1.29, 1.82) is 0 Å². The molecule has 1 aliphatic heterocycles. The highest BCUT2D eigenvalue weighted by molar-refractivity contribution is 7.80. The lowest BCUT2D eigenvalue weighted by Gasteiger charge is -2.22. The first kappa shape index (κ1) is 20.2. The number of nitrogens with one attached hydrogen (secondary N) is 3. The molecule has 9 nitrogen and oxygen atoms in total. The lowest BCUT2D eigenvalue weighted by atomic mass is 9.92. The average Bonchev–Trinajstić information content (AvgIpc) is 2.89. The summed E-state index contributed by atoms with van der Waals surface area (Å²) < 4.78 is 0. The monoisotopic (exact) mass is 413 g/mol. The Kier molecular flexibility index (Phi) is 5.21. The number of anilines is 1. The fourth-order valence-corrected chi connectivity index (χ4v) is 3.14. The number of non-ortho nitro benzene ring substituents is 1. The van der Waals surface area contributed by atoms with Crippen LogP contribution < -0.4 is 16.1 Å². The van der Waals surface area contributed by atoms with Crippen LogP contribution in [0, 0.1) is 24.0 Å². The van der Waals surface area contributed by atoms with Crippen molar-refractivity contribution in [2.24, 2.45) is 0 Å². The van der Waals surface area contributed by atoms with Crippen LogP contribution in [-0.4, -0.2) is 27.0 Å². The van der Waals surface area contributed by atoms with E-state index in [1.165, 1.54) is 31.2 Å². The third kappa shape index (κ3) is 3.87. The number of hydrogen-bond acceptors (Lipinski definition) is 5. The lowest BCUT2D eigenvalue weighted by Crippen LogP contribution is -2.49. The Bertz CT molecular complexity index is 1020. The second kappa shape index (κ2) is 7.47. The highest BCUT2D eigenvalue weighted by atomic mass is 32.1. The Balaban J connectivity index is 1.74. The molecule has 0 radical (unpaired) electrons. The summed E-state index contributed by atoms with van der Waals surface area (Å²) in [5.74, 6) is -0.583. The number of rotatable bonds is 4. The average molecular weight is 413 g/mol. The molecule has 1 saturated heterocycles. The summed E-state index contributed by atoms with van der Waals surface area (Å²) in [7, 11) is 0. The Hall–Kier alpha value is -3.53. The summed E-state index contributed by atoms with van der Waals surface area (Å²) in [5, 5.41) is 17.2. The molecular weight excluding hydrogens is 394 g/mol. The molecule has 0 spiro atoms. The molecule has 0 unspecified atom stereocenters. The van der Waals surface area contributed by atoms with E-state index >= 15 is 0 Å². The standard InChI is InChI=1S/C19H19N5O4S/c1-11-4-7-14(10-12(11)2)20-17(29)22-23-16(25)19(3,21-18(23)26)13-5-8-15(9-6-13)24(27)28/h4-10H,1-3H3,(H,21,26)(H2,20,22,29)/t19-/m0/s1. The van der Waals surface area contributed by atoms with Gasteiger partial charge in [-0.3, -0.25) is 20.3 Å². The van der Waals surface area contributed by atoms with Gasteiger partial charge in [-0.1, -0.05) is 6.07 Å². The maximum atomic E-state index is 12.9. The molecule has 10 heteroatoms. The van der Waals surface area contributed by atoms with E-state index in [0.29, 0.717) is 5.56 Å². The number of aryl methyl sites for hydroxylation is 2. The maximum absolute atomic E-state index is 12.9. The fourth-order valence-electron chi connectivity index (χ4n) is 2.93. The lowest BCUT2D eigenvalue weighted by molar-refractivity contribution is -0.384. The van der Waals surface area contributed by atoms with E-state index in [0.717, 1.165) is 21.8 Å². The Morgan fingerprint density at radius 3 is 2.38 bits per heavy atom. The molecule has 0 aliphatic carbocycles. The number of carbonyl (C=O) groups excluding carboxylic acids is 2. The molecule has 3 rings (SSSR count). The molecule has 0 bridgehead atoms. The molecular formula is C19H19N5O4S. The van der Waals surface area contributed by atoms with Crippen LogP contribution in [0.1, 0.15) is 23.6 Å². The van der Waals surface area contributed by atoms with Crippen molar-refractivity contribution in [3.8, 4) is 0 Å². The summed E-state index contributed by atoms with van der Waals surface area (Å²) in [6, 6.07) is 10.4.